The van der Waals surface area contributed by atoms with Crippen molar-refractivity contribution < 1.29 is 27.5 Å². The Bertz CT molecular complexity index is 1430. The minimum absolute atomic E-state index is 0.0212. The molecule has 2 aliphatic carbocycles. The van der Waals surface area contributed by atoms with E-state index in [1.807, 2.05) is 42.5 Å². The third kappa shape index (κ3) is 6.09. The van der Waals surface area contributed by atoms with Crippen LogP contribution in [-0.2, 0) is 4.79 Å². The van der Waals surface area contributed by atoms with Gasteiger partial charge in [0.1, 0.15) is 22.4 Å². The Morgan fingerprint density at radius 2 is 1.70 bits per heavy atom. The number of benzene rings is 2. The second-order valence-electron chi connectivity index (χ2n) is 10.6. The van der Waals surface area contributed by atoms with E-state index in [2.05, 4.69) is 23.0 Å². The van der Waals surface area contributed by atoms with Crippen molar-refractivity contribution in [3.05, 3.63) is 54.3 Å². The summed E-state index contributed by atoms with van der Waals surface area (Å²) in [6.45, 7) is 0.661. The number of rotatable bonds is 10. The van der Waals surface area contributed by atoms with Crippen LogP contribution in [0.3, 0.4) is 0 Å². The Morgan fingerprint density at radius 3 is 2.35 bits per heavy atom. The van der Waals surface area contributed by atoms with Crippen molar-refractivity contribution in [3.63, 3.8) is 0 Å². The van der Waals surface area contributed by atoms with Gasteiger partial charge in [-0.3, -0.25) is 9.59 Å². The summed E-state index contributed by atoms with van der Waals surface area (Å²) in [5, 5.41) is 15.5. The number of thioether (sulfide) groups is 1. The van der Waals surface area contributed by atoms with Crippen LogP contribution in [0, 0.1) is 11.3 Å². The summed E-state index contributed by atoms with van der Waals surface area (Å²) in [5.74, 6) is -2.35. The summed E-state index contributed by atoms with van der Waals surface area (Å²) in [6, 6.07) is 17.0. The van der Waals surface area contributed by atoms with Crippen LogP contribution >= 0.6 is 11.8 Å². The van der Waals surface area contributed by atoms with Gasteiger partial charge in [0.15, 0.2) is 5.76 Å². The smallest absolute Gasteiger partial charge is 0.287 e. The van der Waals surface area contributed by atoms with E-state index in [4.69, 9.17) is 9.15 Å². The number of hydrogen-bond acceptors (Lipinski definition) is 6. The van der Waals surface area contributed by atoms with Crippen molar-refractivity contribution in [1.29, 1.82) is 5.26 Å². The lowest BCUT2D eigenvalue weighted by Gasteiger charge is -2.39. The summed E-state index contributed by atoms with van der Waals surface area (Å²) < 4.78 is 39.6. The third-order valence-corrected chi connectivity index (χ3v) is 8.33. The lowest BCUT2D eigenvalue weighted by atomic mass is 9.78. The highest BCUT2D eigenvalue weighted by atomic mass is 32.2. The van der Waals surface area contributed by atoms with Gasteiger partial charge in [-0.25, -0.2) is 8.78 Å². The molecule has 0 bridgehead atoms. The topological polar surface area (TPSA) is 104 Å². The highest BCUT2D eigenvalue weighted by Crippen LogP contribution is 2.41. The molecule has 0 atom stereocenters. The monoisotopic (exact) mass is 567 g/mol. The molecule has 210 valence electrons. The molecule has 0 saturated heterocycles. The molecule has 1 aromatic heterocycles. The fraction of sp³-hybridized carbons (Fsp3) is 0.433. The van der Waals surface area contributed by atoms with E-state index < -0.39 is 41.7 Å². The van der Waals surface area contributed by atoms with Crippen LogP contribution in [0.2, 0.25) is 0 Å². The Labute approximate surface area is 235 Å². The summed E-state index contributed by atoms with van der Waals surface area (Å²) in [5.41, 5.74) is -0.210. The number of nitriles is 1. The number of ether oxygens (including phenoxy) is 1. The van der Waals surface area contributed by atoms with Gasteiger partial charge in [-0.05, 0) is 79.5 Å². The molecule has 40 heavy (non-hydrogen) atoms. The summed E-state index contributed by atoms with van der Waals surface area (Å²) >= 11 is 1.79. The molecular formula is C30H31F2N3O4S. The van der Waals surface area contributed by atoms with E-state index in [1.54, 1.807) is 17.8 Å². The first-order valence-corrected chi connectivity index (χ1v) is 14.8. The van der Waals surface area contributed by atoms with Crippen molar-refractivity contribution in [2.24, 2.45) is 0 Å². The number of fused-ring (bicyclic) bond motifs is 1. The number of furan rings is 1. The van der Waals surface area contributed by atoms with Crippen LogP contribution < -0.4 is 15.4 Å². The predicted octanol–water partition coefficient (Wildman–Crippen LogP) is 6.08. The van der Waals surface area contributed by atoms with E-state index in [9.17, 15) is 23.6 Å². The van der Waals surface area contributed by atoms with Crippen molar-refractivity contribution in [2.75, 3.05) is 18.6 Å². The van der Waals surface area contributed by atoms with Crippen LogP contribution in [0.4, 0.5) is 8.78 Å². The Hall–Kier alpha value is -3.58. The zero-order valence-electron chi connectivity index (χ0n) is 22.2. The average Bonchev–Trinajstić information content (AvgIpc) is 3.59. The van der Waals surface area contributed by atoms with E-state index >= 15 is 0 Å². The van der Waals surface area contributed by atoms with E-state index in [0.717, 1.165) is 29.1 Å². The van der Waals surface area contributed by atoms with Gasteiger partial charge in [-0.2, -0.15) is 17.0 Å². The van der Waals surface area contributed by atoms with Gasteiger partial charge in [0.25, 0.3) is 5.91 Å². The Morgan fingerprint density at radius 1 is 1.00 bits per heavy atom. The first-order chi connectivity index (χ1) is 19.2. The third-order valence-electron chi connectivity index (χ3n) is 7.63. The lowest BCUT2D eigenvalue weighted by molar-refractivity contribution is -0.133. The number of carbonyl (C=O) groups excluding carboxylic acids is 2. The number of hydrogen-bond donors (Lipinski definition) is 2. The Balaban J connectivity index is 1.31. The number of amides is 2. The molecule has 7 nitrogen and oxygen atoms in total. The molecule has 2 fully saturated rings. The molecular weight excluding hydrogens is 536 g/mol. The van der Waals surface area contributed by atoms with Gasteiger partial charge in [0, 0.05) is 18.2 Å². The molecule has 2 aliphatic rings. The van der Waals surface area contributed by atoms with Gasteiger partial charge >= 0.3 is 0 Å². The van der Waals surface area contributed by atoms with Gasteiger partial charge in [0.2, 0.25) is 11.8 Å². The lowest BCUT2D eigenvalue weighted by Crippen LogP contribution is -2.62. The quantitative estimate of drug-likeness (QED) is 0.288. The maximum absolute atomic E-state index is 14.0. The molecule has 2 aromatic carbocycles. The van der Waals surface area contributed by atoms with Crippen LogP contribution in [0.1, 0.15) is 55.5 Å². The molecule has 2 amide bonds. The van der Waals surface area contributed by atoms with Crippen molar-refractivity contribution in [3.8, 4) is 22.9 Å². The van der Waals surface area contributed by atoms with Crippen LogP contribution in [0.5, 0.6) is 5.75 Å². The minimum atomic E-state index is -2.91. The largest absolute Gasteiger partial charge is 0.494 e. The molecule has 2 N–H and O–H groups in total. The summed E-state index contributed by atoms with van der Waals surface area (Å²) in [4.78, 5) is 26.5. The molecule has 3 aromatic rings. The normalized spacial score (nSPS) is 18.4. The highest BCUT2D eigenvalue weighted by Gasteiger charge is 2.53. The number of nitrogens with one attached hydrogen (secondary N) is 2. The maximum Gasteiger partial charge on any atom is 0.287 e. The van der Waals surface area contributed by atoms with Crippen LogP contribution in [0.15, 0.2) is 52.9 Å². The van der Waals surface area contributed by atoms with E-state index in [0.29, 0.717) is 30.4 Å². The fourth-order valence-corrected chi connectivity index (χ4v) is 5.32. The molecule has 0 radical (unpaired) electrons. The van der Waals surface area contributed by atoms with Crippen molar-refractivity contribution in [1.82, 2.24) is 10.6 Å². The van der Waals surface area contributed by atoms with Gasteiger partial charge in [-0.1, -0.05) is 24.3 Å². The predicted molar refractivity (Wildman–Crippen MR) is 149 cm³/mol. The van der Waals surface area contributed by atoms with Crippen LogP contribution in [-0.4, -0.2) is 47.4 Å². The van der Waals surface area contributed by atoms with Gasteiger partial charge < -0.3 is 19.8 Å². The summed E-state index contributed by atoms with van der Waals surface area (Å²) in [6.07, 6.45) is 2.49. The second-order valence-corrected chi connectivity index (χ2v) is 11.6. The molecule has 0 spiro atoms. The molecule has 0 aliphatic heterocycles. The molecule has 5 rings (SSSR count). The number of nitrogens with zero attached hydrogens (tertiary/aromatic N) is 1. The fourth-order valence-electron chi connectivity index (χ4n) is 4.92. The number of halogens is 2. The highest BCUT2D eigenvalue weighted by molar-refractivity contribution is 7.98. The first-order valence-electron chi connectivity index (χ1n) is 13.4. The van der Waals surface area contributed by atoms with Crippen molar-refractivity contribution >= 4 is 34.5 Å². The average molecular weight is 568 g/mol. The Kier molecular flexibility index (Phi) is 7.78. The standard InChI is InChI=1S/C30H31F2N3O4S/c1-40-16-2-15-38-23-7-5-20(6-8-23)21-3-4-22-18-25(39-24(22)17-21)26(36)34-29(11-13-30(31,32)14-12-29)27(37)35-28(19-33)9-10-28/h3-8,17-18H,2,9-16H2,1H3,(H,34,36)(H,35,37). The SMILES string of the molecule is CSCCCOc1ccc(-c2ccc3cc(C(=O)NC4(C(=O)NC5(C#N)CC5)CCC(F)(F)CC4)oc3c2)cc1. The van der Waals surface area contributed by atoms with Crippen molar-refractivity contribution in [2.45, 2.75) is 61.9 Å². The molecule has 0 unspecified atom stereocenters. The number of carbonyl (C=O) groups is 2. The number of alkyl halides is 2. The molecule has 2 saturated carbocycles. The second kappa shape index (κ2) is 11.1. The summed E-state index contributed by atoms with van der Waals surface area (Å²) in [7, 11) is 0. The molecule has 10 heteroatoms. The minimum Gasteiger partial charge on any atom is -0.494 e. The van der Waals surface area contributed by atoms with Gasteiger partial charge in [0.05, 0.1) is 12.7 Å². The maximum atomic E-state index is 14.0. The molecule has 1 heterocycles. The van der Waals surface area contributed by atoms with E-state index in [-0.39, 0.29) is 18.6 Å². The zero-order valence-corrected chi connectivity index (χ0v) is 23.0. The first kappa shape index (κ1) is 28.0. The van der Waals surface area contributed by atoms with Crippen LogP contribution in [0.25, 0.3) is 22.1 Å². The van der Waals surface area contributed by atoms with Gasteiger partial charge in [-0.15, -0.1) is 0 Å². The zero-order chi connectivity index (χ0) is 28.4. The van der Waals surface area contributed by atoms with E-state index in [1.165, 1.54) is 0 Å².